The fourth-order valence-electron chi connectivity index (χ4n) is 1.92. The summed E-state index contributed by atoms with van der Waals surface area (Å²) in [4.78, 5) is 10.9. The quantitative estimate of drug-likeness (QED) is 0.924. The van der Waals surface area contributed by atoms with Crippen LogP contribution in [0.25, 0.3) is 11.3 Å². The third-order valence-corrected chi connectivity index (χ3v) is 3.03. The number of carboxylic acid groups (broad SMARTS) is 1. The number of rotatable bonds is 3. The zero-order valence-corrected chi connectivity index (χ0v) is 11.0. The molecule has 100 valence electrons. The molecule has 0 fully saturated rings. The van der Waals surface area contributed by atoms with Crippen molar-refractivity contribution >= 4 is 5.97 Å². The number of nitrogens with zero attached hydrogens (tertiary/aromatic N) is 2. The second kappa shape index (κ2) is 4.84. The molecule has 1 heterocycles. The van der Waals surface area contributed by atoms with Gasteiger partial charge in [0.1, 0.15) is 5.82 Å². The van der Waals surface area contributed by atoms with Crippen molar-refractivity contribution in [1.29, 1.82) is 0 Å². The van der Waals surface area contributed by atoms with E-state index in [1.165, 1.54) is 16.8 Å². The molecule has 0 unspecified atom stereocenters. The second-order valence-electron chi connectivity index (χ2n) is 4.74. The summed E-state index contributed by atoms with van der Waals surface area (Å²) in [5, 5.41) is 12.8. The first-order chi connectivity index (χ1) is 8.90. The number of aryl methyl sites for hydroxylation is 1. The Labute approximate surface area is 110 Å². The predicted octanol–water partition coefficient (Wildman–Crippen LogP) is 3.05. The summed E-state index contributed by atoms with van der Waals surface area (Å²) in [6.45, 7) is 4.03. The highest BCUT2D eigenvalue weighted by atomic mass is 19.1. The lowest BCUT2D eigenvalue weighted by atomic mass is 9.99. The molecule has 1 aromatic heterocycles. The van der Waals surface area contributed by atoms with Gasteiger partial charge in [0.2, 0.25) is 0 Å². The molecule has 0 spiro atoms. The van der Waals surface area contributed by atoms with Crippen LogP contribution in [0.5, 0.6) is 0 Å². The Morgan fingerprint density at radius 3 is 2.58 bits per heavy atom. The molecule has 4 nitrogen and oxygen atoms in total. The molecule has 5 heteroatoms. The Morgan fingerprint density at radius 2 is 2.05 bits per heavy atom. The fraction of sp³-hybridized carbons (Fsp3) is 0.286. The minimum atomic E-state index is -1.12. The molecule has 2 rings (SSSR count). The van der Waals surface area contributed by atoms with Crippen molar-refractivity contribution in [3.63, 3.8) is 0 Å². The van der Waals surface area contributed by atoms with E-state index in [1.54, 1.807) is 19.2 Å². The summed E-state index contributed by atoms with van der Waals surface area (Å²) < 4.78 is 15.3. The van der Waals surface area contributed by atoms with Crippen LogP contribution in [-0.4, -0.2) is 20.9 Å². The standard InChI is InChI=1S/C14H15FN2O2/c1-8(2)9-4-5-11(15)10(6-9)13-7-12(14(18)19)16-17(13)3/h4-8H,1-3H3,(H,18,19). The van der Waals surface area contributed by atoms with Gasteiger partial charge in [0.25, 0.3) is 0 Å². The van der Waals surface area contributed by atoms with Crippen LogP contribution in [0.4, 0.5) is 4.39 Å². The summed E-state index contributed by atoms with van der Waals surface area (Å²) in [6, 6.07) is 6.25. The van der Waals surface area contributed by atoms with Crippen LogP contribution in [0.1, 0.15) is 35.8 Å². The van der Waals surface area contributed by atoms with Gasteiger partial charge in [-0.25, -0.2) is 9.18 Å². The predicted molar refractivity (Wildman–Crippen MR) is 69.7 cm³/mol. The van der Waals surface area contributed by atoms with E-state index in [-0.39, 0.29) is 17.4 Å². The maximum absolute atomic E-state index is 13.9. The summed E-state index contributed by atoms with van der Waals surface area (Å²) in [5.74, 6) is -1.24. The first-order valence-corrected chi connectivity index (χ1v) is 5.97. The van der Waals surface area contributed by atoms with Crippen molar-refractivity contribution in [2.24, 2.45) is 7.05 Å². The van der Waals surface area contributed by atoms with Gasteiger partial charge in [-0.15, -0.1) is 0 Å². The number of hydrogen-bond donors (Lipinski definition) is 1. The van der Waals surface area contributed by atoms with Gasteiger partial charge in [0.15, 0.2) is 5.69 Å². The number of carbonyl (C=O) groups is 1. The molecule has 0 aliphatic rings. The smallest absolute Gasteiger partial charge is 0.356 e. The molecule has 0 aliphatic heterocycles. The van der Waals surface area contributed by atoms with E-state index in [2.05, 4.69) is 5.10 Å². The lowest BCUT2D eigenvalue weighted by Gasteiger charge is -2.09. The minimum Gasteiger partial charge on any atom is -0.476 e. The van der Waals surface area contributed by atoms with Gasteiger partial charge in [-0.2, -0.15) is 5.10 Å². The Morgan fingerprint density at radius 1 is 1.37 bits per heavy atom. The third-order valence-electron chi connectivity index (χ3n) is 3.03. The minimum absolute atomic E-state index is 0.0909. The largest absolute Gasteiger partial charge is 0.476 e. The molecule has 0 radical (unpaired) electrons. The number of halogens is 1. The first kappa shape index (κ1) is 13.3. The highest BCUT2D eigenvalue weighted by molar-refractivity contribution is 5.87. The van der Waals surface area contributed by atoms with Crippen molar-refractivity contribution in [2.75, 3.05) is 0 Å². The number of aromatic nitrogens is 2. The topological polar surface area (TPSA) is 55.1 Å². The molecule has 0 atom stereocenters. The van der Waals surface area contributed by atoms with E-state index >= 15 is 0 Å². The van der Waals surface area contributed by atoms with Crippen LogP contribution in [0.2, 0.25) is 0 Å². The normalized spacial score (nSPS) is 11.0. The molecular formula is C14H15FN2O2. The summed E-state index contributed by atoms with van der Waals surface area (Å²) in [5.41, 5.74) is 1.73. The van der Waals surface area contributed by atoms with Gasteiger partial charge < -0.3 is 5.11 Å². The number of carboxylic acids is 1. The zero-order valence-electron chi connectivity index (χ0n) is 11.0. The summed E-state index contributed by atoms with van der Waals surface area (Å²) in [7, 11) is 1.60. The summed E-state index contributed by atoms with van der Waals surface area (Å²) in [6.07, 6.45) is 0. The maximum atomic E-state index is 13.9. The number of benzene rings is 1. The average molecular weight is 262 g/mol. The SMILES string of the molecule is CC(C)c1ccc(F)c(-c2cc(C(=O)O)nn2C)c1. The van der Waals surface area contributed by atoms with Crippen LogP contribution in [0.15, 0.2) is 24.3 Å². The molecule has 19 heavy (non-hydrogen) atoms. The first-order valence-electron chi connectivity index (χ1n) is 5.97. The highest BCUT2D eigenvalue weighted by Crippen LogP contribution is 2.27. The van der Waals surface area contributed by atoms with Gasteiger partial charge in [-0.3, -0.25) is 4.68 Å². The fourth-order valence-corrected chi connectivity index (χ4v) is 1.92. The van der Waals surface area contributed by atoms with Crippen molar-refractivity contribution in [3.8, 4) is 11.3 Å². The molecule has 1 N–H and O–H groups in total. The van der Waals surface area contributed by atoms with E-state index in [0.29, 0.717) is 11.3 Å². The van der Waals surface area contributed by atoms with E-state index in [0.717, 1.165) is 5.56 Å². The third kappa shape index (κ3) is 2.50. The molecular weight excluding hydrogens is 247 g/mol. The zero-order chi connectivity index (χ0) is 14.2. The Balaban J connectivity index is 2.57. The maximum Gasteiger partial charge on any atom is 0.356 e. The molecule has 2 aromatic rings. The number of hydrogen-bond acceptors (Lipinski definition) is 2. The lowest BCUT2D eigenvalue weighted by Crippen LogP contribution is -2.00. The summed E-state index contributed by atoms with van der Waals surface area (Å²) >= 11 is 0. The van der Waals surface area contributed by atoms with Gasteiger partial charge >= 0.3 is 5.97 Å². The van der Waals surface area contributed by atoms with Gasteiger partial charge in [0, 0.05) is 12.6 Å². The van der Waals surface area contributed by atoms with E-state index in [4.69, 9.17) is 5.11 Å². The van der Waals surface area contributed by atoms with Crippen molar-refractivity contribution < 1.29 is 14.3 Å². The van der Waals surface area contributed by atoms with Crippen molar-refractivity contribution in [2.45, 2.75) is 19.8 Å². The van der Waals surface area contributed by atoms with E-state index in [9.17, 15) is 9.18 Å². The van der Waals surface area contributed by atoms with Gasteiger partial charge in [-0.1, -0.05) is 19.9 Å². The molecule has 0 aliphatic carbocycles. The Kier molecular flexibility index (Phi) is 3.38. The molecule has 0 saturated carbocycles. The second-order valence-corrected chi connectivity index (χ2v) is 4.74. The van der Waals surface area contributed by atoms with E-state index < -0.39 is 5.97 Å². The van der Waals surface area contributed by atoms with E-state index in [1.807, 2.05) is 13.8 Å². The van der Waals surface area contributed by atoms with Crippen LogP contribution in [0, 0.1) is 5.82 Å². The monoisotopic (exact) mass is 262 g/mol. The molecule has 1 aromatic carbocycles. The molecule has 0 saturated heterocycles. The lowest BCUT2D eigenvalue weighted by molar-refractivity contribution is 0.0689. The van der Waals surface area contributed by atoms with Gasteiger partial charge in [-0.05, 0) is 29.7 Å². The van der Waals surface area contributed by atoms with Gasteiger partial charge in [0.05, 0.1) is 5.69 Å². The van der Waals surface area contributed by atoms with Crippen LogP contribution >= 0.6 is 0 Å². The van der Waals surface area contributed by atoms with Crippen molar-refractivity contribution in [1.82, 2.24) is 9.78 Å². The highest BCUT2D eigenvalue weighted by Gasteiger charge is 2.16. The Hall–Kier alpha value is -2.17. The Bertz CT molecular complexity index is 632. The average Bonchev–Trinajstić information content (AvgIpc) is 2.72. The van der Waals surface area contributed by atoms with Crippen LogP contribution in [0.3, 0.4) is 0 Å². The van der Waals surface area contributed by atoms with Crippen LogP contribution in [-0.2, 0) is 7.05 Å². The van der Waals surface area contributed by atoms with Crippen LogP contribution < -0.4 is 0 Å². The number of aromatic carboxylic acids is 1. The molecule has 0 amide bonds. The molecule has 0 bridgehead atoms. The van der Waals surface area contributed by atoms with Crippen molar-refractivity contribution in [3.05, 3.63) is 41.3 Å².